The summed E-state index contributed by atoms with van der Waals surface area (Å²) in [7, 11) is 3.49. The van der Waals surface area contributed by atoms with E-state index in [1.54, 1.807) is 25.2 Å². The molecule has 2 aromatic heterocycles. The number of carbonyl (C=O) groups excluding carboxylic acids is 1. The van der Waals surface area contributed by atoms with Crippen molar-refractivity contribution in [3.63, 3.8) is 0 Å². The Morgan fingerprint density at radius 2 is 2.25 bits per heavy atom. The maximum atomic E-state index is 12.1. The fourth-order valence-electron chi connectivity index (χ4n) is 3.28. The number of aromatic nitrogens is 3. The van der Waals surface area contributed by atoms with E-state index in [2.05, 4.69) is 31.8 Å². The molecule has 2 atom stereocenters. The summed E-state index contributed by atoms with van der Waals surface area (Å²) >= 11 is 1.38. The summed E-state index contributed by atoms with van der Waals surface area (Å²) in [6, 6.07) is 2.05. The van der Waals surface area contributed by atoms with Crippen LogP contribution in [0.15, 0.2) is 12.3 Å². The molecule has 1 aliphatic heterocycles. The first-order valence-corrected chi connectivity index (χ1v) is 10.2. The van der Waals surface area contributed by atoms with Crippen molar-refractivity contribution in [2.45, 2.75) is 45.3 Å². The molecule has 0 radical (unpaired) electrons. The van der Waals surface area contributed by atoms with Gasteiger partial charge in [0.2, 0.25) is 0 Å². The first-order chi connectivity index (χ1) is 13.4. The minimum absolute atomic E-state index is 0.0557. The van der Waals surface area contributed by atoms with Gasteiger partial charge in [0.25, 0.3) is 0 Å². The molecule has 1 saturated heterocycles. The molecule has 1 fully saturated rings. The number of piperidine rings is 1. The third-order valence-corrected chi connectivity index (χ3v) is 5.69. The molecule has 2 amide bonds. The highest BCUT2D eigenvalue weighted by Crippen LogP contribution is 2.27. The van der Waals surface area contributed by atoms with Crippen LogP contribution in [0.1, 0.15) is 31.2 Å². The fraction of sp³-hybridized carbons (Fsp3) is 0.556. The second kappa shape index (κ2) is 8.70. The lowest BCUT2D eigenvalue weighted by Crippen LogP contribution is -2.56. The predicted octanol–water partition coefficient (Wildman–Crippen LogP) is 2.07. The minimum atomic E-state index is -0.0776. The van der Waals surface area contributed by atoms with E-state index in [1.165, 1.54) is 11.5 Å². The summed E-state index contributed by atoms with van der Waals surface area (Å²) in [4.78, 5) is 25.2. The zero-order chi connectivity index (χ0) is 20.3. The molecule has 10 heteroatoms. The average Bonchev–Trinajstić information content (AvgIpc) is 3.08. The van der Waals surface area contributed by atoms with Crippen molar-refractivity contribution < 1.29 is 4.79 Å². The van der Waals surface area contributed by atoms with E-state index in [0.29, 0.717) is 18.1 Å². The average molecular weight is 405 g/mol. The van der Waals surface area contributed by atoms with Crippen molar-refractivity contribution >= 4 is 34.2 Å². The summed E-state index contributed by atoms with van der Waals surface area (Å²) in [6.07, 6.45) is 3.68. The van der Waals surface area contributed by atoms with Gasteiger partial charge in [-0.3, -0.25) is 4.98 Å². The maximum absolute atomic E-state index is 12.1. The van der Waals surface area contributed by atoms with Crippen LogP contribution >= 0.6 is 11.5 Å². The van der Waals surface area contributed by atoms with Crippen molar-refractivity contribution in [1.82, 2.24) is 24.6 Å². The molecule has 152 valence electrons. The van der Waals surface area contributed by atoms with Crippen LogP contribution in [0.2, 0.25) is 0 Å². The molecule has 0 bridgehead atoms. The van der Waals surface area contributed by atoms with Crippen LogP contribution in [0.5, 0.6) is 0 Å². The molecule has 3 rings (SSSR count). The van der Waals surface area contributed by atoms with E-state index >= 15 is 0 Å². The Bertz CT molecular complexity index is 824. The molecular weight excluding hydrogens is 376 g/mol. The van der Waals surface area contributed by atoms with Crippen LogP contribution < -0.4 is 21.3 Å². The molecule has 0 aliphatic carbocycles. The Morgan fingerprint density at radius 1 is 1.46 bits per heavy atom. The number of amides is 2. The van der Waals surface area contributed by atoms with Gasteiger partial charge >= 0.3 is 6.03 Å². The fourth-order valence-corrected chi connectivity index (χ4v) is 3.94. The monoisotopic (exact) mass is 404 g/mol. The maximum Gasteiger partial charge on any atom is 0.317 e. The number of hydrogen-bond donors (Lipinski definition) is 3. The van der Waals surface area contributed by atoms with Crippen molar-refractivity contribution in [3.05, 3.63) is 23.7 Å². The molecular formula is C18H28N8OS. The second-order valence-corrected chi connectivity index (χ2v) is 8.02. The molecule has 2 aromatic rings. The van der Waals surface area contributed by atoms with E-state index < -0.39 is 0 Å². The first-order valence-electron chi connectivity index (χ1n) is 9.39. The lowest BCUT2D eigenvalue weighted by molar-refractivity contribution is 0.207. The summed E-state index contributed by atoms with van der Waals surface area (Å²) in [5.41, 5.74) is 7.51. The van der Waals surface area contributed by atoms with Gasteiger partial charge in [-0.15, -0.1) is 0 Å². The first kappa shape index (κ1) is 20.3. The zero-order valence-electron chi connectivity index (χ0n) is 16.8. The van der Waals surface area contributed by atoms with Crippen molar-refractivity contribution in [2.24, 2.45) is 5.73 Å². The smallest absolute Gasteiger partial charge is 0.317 e. The number of carbonyl (C=O) groups is 1. The highest BCUT2D eigenvalue weighted by atomic mass is 32.1. The minimum Gasteiger partial charge on any atom is -0.351 e. The standard InChI is InChI=1S/C18H28N8OS/c1-11-8-16(28-24-11)23-17-14(9-19)20-10-15(22-17)26-7-5-6-13(12(26)2)21-18(27)25(3)4/h8,10,12-13H,5-7,9,19H2,1-4H3,(H,21,27)(H,22,23)/t12-,13-/m1/s1. The number of aryl methyl sites for hydroxylation is 1. The molecule has 1 aliphatic rings. The van der Waals surface area contributed by atoms with Crippen molar-refractivity contribution in [1.29, 1.82) is 0 Å². The summed E-state index contributed by atoms with van der Waals surface area (Å²) in [5.74, 6) is 1.42. The second-order valence-electron chi connectivity index (χ2n) is 7.21. The third-order valence-electron chi connectivity index (χ3n) is 4.90. The van der Waals surface area contributed by atoms with Gasteiger partial charge < -0.3 is 26.2 Å². The quantitative estimate of drug-likeness (QED) is 0.699. The number of nitrogens with two attached hydrogens (primary N) is 1. The van der Waals surface area contributed by atoms with Crippen LogP contribution in [0.4, 0.5) is 21.4 Å². The zero-order valence-corrected chi connectivity index (χ0v) is 17.6. The highest BCUT2D eigenvalue weighted by Gasteiger charge is 2.30. The van der Waals surface area contributed by atoms with Gasteiger partial charge in [-0.05, 0) is 44.3 Å². The predicted molar refractivity (Wildman–Crippen MR) is 112 cm³/mol. The summed E-state index contributed by atoms with van der Waals surface area (Å²) in [6.45, 7) is 5.22. The molecule has 0 spiro atoms. The van der Waals surface area contributed by atoms with Crippen molar-refractivity contribution in [2.75, 3.05) is 30.9 Å². The van der Waals surface area contributed by atoms with Gasteiger partial charge in [-0.2, -0.15) is 4.37 Å². The van der Waals surface area contributed by atoms with Crippen LogP contribution in [-0.4, -0.2) is 58.0 Å². The number of urea groups is 1. The number of nitrogens with zero attached hydrogens (tertiary/aromatic N) is 5. The molecule has 0 saturated carbocycles. The Kier molecular flexibility index (Phi) is 6.30. The largest absolute Gasteiger partial charge is 0.351 e. The Hall–Kier alpha value is -2.46. The summed E-state index contributed by atoms with van der Waals surface area (Å²) in [5, 5.41) is 7.30. The molecule has 9 nitrogen and oxygen atoms in total. The Morgan fingerprint density at radius 3 is 2.89 bits per heavy atom. The van der Waals surface area contributed by atoms with Gasteiger partial charge in [-0.25, -0.2) is 9.78 Å². The number of anilines is 3. The molecule has 4 N–H and O–H groups in total. The van der Waals surface area contributed by atoms with Crippen LogP contribution in [0, 0.1) is 6.92 Å². The van der Waals surface area contributed by atoms with E-state index in [4.69, 9.17) is 10.7 Å². The Labute approximate surface area is 169 Å². The summed E-state index contributed by atoms with van der Waals surface area (Å²) < 4.78 is 4.29. The molecule has 0 aromatic carbocycles. The molecule has 3 heterocycles. The topological polar surface area (TPSA) is 112 Å². The SMILES string of the molecule is Cc1cc(Nc2nc(N3CCC[C@@H](NC(=O)N(C)C)[C@H]3C)cnc2CN)sn1. The number of rotatable bonds is 5. The molecule has 0 unspecified atom stereocenters. The number of hydrogen-bond acceptors (Lipinski definition) is 8. The third kappa shape index (κ3) is 4.50. The van der Waals surface area contributed by atoms with Gasteiger partial charge in [-0.1, -0.05) is 0 Å². The lowest BCUT2D eigenvalue weighted by Gasteiger charge is -2.40. The van der Waals surface area contributed by atoms with Gasteiger partial charge in [0, 0.05) is 33.2 Å². The Balaban J connectivity index is 1.81. The number of nitrogens with one attached hydrogen (secondary N) is 2. The van der Waals surface area contributed by atoms with Crippen LogP contribution in [0.25, 0.3) is 0 Å². The highest BCUT2D eigenvalue weighted by molar-refractivity contribution is 7.10. The normalized spacial score (nSPS) is 19.4. The van der Waals surface area contributed by atoms with Gasteiger partial charge in [0.15, 0.2) is 5.82 Å². The lowest BCUT2D eigenvalue weighted by atomic mass is 9.97. The van der Waals surface area contributed by atoms with Crippen molar-refractivity contribution in [3.8, 4) is 0 Å². The van der Waals surface area contributed by atoms with E-state index in [1.807, 2.05) is 13.0 Å². The van der Waals surface area contributed by atoms with E-state index in [-0.39, 0.29) is 18.1 Å². The van der Waals surface area contributed by atoms with Crippen LogP contribution in [0.3, 0.4) is 0 Å². The van der Waals surface area contributed by atoms with Crippen LogP contribution in [-0.2, 0) is 6.54 Å². The van der Waals surface area contributed by atoms with E-state index in [0.717, 1.165) is 35.9 Å². The van der Waals surface area contributed by atoms with Gasteiger partial charge in [0.05, 0.1) is 23.6 Å². The van der Waals surface area contributed by atoms with Gasteiger partial charge in [0.1, 0.15) is 10.8 Å². The van der Waals surface area contributed by atoms with E-state index in [9.17, 15) is 4.79 Å². The molecule has 28 heavy (non-hydrogen) atoms.